The number of hydrogen-bond acceptors (Lipinski definition) is 5. The van der Waals surface area contributed by atoms with Crippen molar-refractivity contribution in [1.82, 2.24) is 4.72 Å². The number of sulfonamides is 1. The highest BCUT2D eigenvalue weighted by atomic mass is 35.5. The smallest absolute Gasteiger partial charge is 0.243 e. The summed E-state index contributed by atoms with van der Waals surface area (Å²) in [6.45, 7) is 3.12. The van der Waals surface area contributed by atoms with Gasteiger partial charge in [0.05, 0.1) is 23.2 Å². The van der Waals surface area contributed by atoms with E-state index in [1.165, 1.54) is 25.3 Å². The first-order valence-electron chi connectivity index (χ1n) is 6.94. The number of rotatable bonds is 6. The van der Waals surface area contributed by atoms with Crippen LogP contribution in [0.5, 0.6) is 5.75 Å². The molecule has 0 saturated heterocycles. The third-order valence-electron chi connectivity index (χ3n) is 3.21. The lowest BCUT2D eigenvalue weighted by molar-refractivity contribution is -0.120. The van der Waals surface area contributed by atoms with E-state index in [0.29, 0.717) is 5.75 Å². The second-order valence-corrected chi connectivity index (χ2v) is 7.65. The highest BCUT2D eigenvalue weighted by molar-refractivity contribution is 7.89. The fourth-order valence-electron chi connectivity index (χ4n) is 1.72. The molecular formula is C14H22ClN3O4S. The molecule has 1 saturated carbocycles. The van der Waals surface area contributed by atoms with Gasteiger partial charge in [0.25, 0.3) is 0 Å². The molecule has 0 bridgehead atoms. The van der Waals surface area contributed by atoms with Gasteiger partial charge in [-0.2, -0.15) is 0 Å². The maximum absolute atomic E-state index is 12.2. The Balaban J connectivity index is 0.00000264. The number of nitrogens with two attached hydrogens (primary N) is 1. The van der Waals surface area contributed by atoms with Crippen molar-refractivity contribution in [2.24, 2.45) is 5.73 Å². The second-order valence-electron chi connectivity index (χ2n) is 5.93. The van der Waals surface area contributed by atoms with Crippen LogP contribution in [-0.4, -0.2) is 33.0 Å². The van der Waals surface area contributed by atoms with Crippen molar-refractivity contribution in [2.45, 2.75) is 43.2 Å². The van der Waals surface area contributed by atoms with Crippen LogP contribution in [0, 0.1) is 0 Å². The summed E-state index contributed by atoms with van der Waals surface area (Å²) in [4.78, 5) is 12.1. The molecule has 2 rings (SSSR count). The Morgan fingerprint density at radius 3 is 2.43 bits per heavy atom. The monoisotopic (exact) mass is 363 g/mol. The van der Waals surface area contributed by atoms with Crippen LogP contribution in [0.15, 0.2) is 23.1 Å². The summed E-state index contributed by atoms with van der Waals surface area (Å²) < 4.78 is 32.2. The second kappa shape index (κ2) is 7.04. The molecule has 0 atom stereocenters. The number of methoxy groups -OCH3 is 1. The summed E-state index contributed by atoms with van der Waals surface area (Å²) in [5.41, 5.74) is 4.91. The lowest BCUT2D eigenvalue weighted by atomic mass is 10.1. The van der Waals surface area contributed by atoms with Crippen LogP contribution in [0.3, 0.4) is 0 Å². The van der Waals surface area contributed by atoms with Crippen molar-refractivity contribution in [3.8, 4) is 5.75 Å². The van der Waals surface area contributed by atoms with E-state index in [9.17, 15) is 13.2 Å². The molecule has 1 aliphatic carbocycles. The van der Waals surface area contributed by atoms with Gasteiger partial charge in [0.1, 0.15) is 5.75 Å². The molecule has 0 spiro atoms. The zero-order chi connectivity index (χ0) is 16.5. The molecule has 1 amide bonds. The standard InChI is InChI=1S/C14H21N3O4S.ClH/c1-14(2,15)13(18)16-11-8-10(6-7-12(11)21-3)22(19,20)17-9-4-5-9;/h6-9,17H,4-5,15H2,1-3H3,(H,16,18);1H. The predicted molar refractivity (Wildman–Crippen MR) is 90.5 cm³/mol. The zero-order valence-electron chi connectivity index (χ0n) is 13.3. The average molecular weight is 364 g/mol. The molecule has 1 aromatic carbocycles. The van der Waals surface area contributed by atoms with E-state index in [1.54, 1.807) is 13.8 Å². The number of anilines is 1. The minimum absolute atomic E-state index is 0. The van der Waals surface area contributed by atoms with Gasteiger partial charge in [0.15, 0.2) is 0 Å². The number of ether oxygens (including phenoxy) is 1. The molecule has 0 aromatic heterocycles. The molecule has 1 aliphatic rings. The van der Waals surface area contributed by atoms with Gasteiger partial charge in [0.2, 0.25) is 15.9 Å². The molecule has 4 N–H and O–H groups in total. The van der Waals surface area contributed by atoms with Gasteiger partial charge < -0.3 is 15.8 Å². The number of carbonyl (C=O) groups excluding carboxylic acids is 1. The third kappa shape index (κ3) is 5.07. The molecule has 23 heavy (non-hydrogen) atoms. The fraction of sp³-hybridized carbons (Fsp3) is 0.500. The number of amides is 1. The van der Waals surface area contributed by atoms with Crippen LogP contribution in [0.4, 0.5) is 5.69 Å². The van der Waals surface area contributed by atoms with Crippen molar-refractivity contribution >= 4 is 34.0 Å². The number of nitrogens with one attached hydrogen (secondary N) is 2. The van der Waals surface area contributed by atoms with Crippen molar-refractivity contribution in [3.63, 3.8) is 0 Å². The first-order valence-corrected chi connectivity index (χ1v) is 8.42. The molecule has 0 unspecified atom stereocenters. The predicted octanol–water partition coefficient (Wildman–Crippen LogP) is 1.23. The maximum atomic E-state index is 12.2. The number of hydrogen-bond donors (Lipinski definition) is 3. The summed E-state index contributed by atoms with van der Waals surface area (Å²) in [7, 11) is -2.16. The minimum Gasteiger partial charge on any atom is -0.495 e. The summed E-state index contributed by atoms with van der Waals surface area (Å²) in [5.74, 6) is -0.0709. The first-order chi connectivity index (χ1) is 10.1. The number of carbonyl (C=O) groups is 1. The Labute approximate surface area is 142 Å². The fourth-order valence-corrected chi connectivity index (χ4v) is 3.05. The van der Waals surface area contributed by atoms with Crippen molar-refractivity contribution in [2.75, 3.05) is 12.4 Å². The normalized spacial score (nSPS) is 14.8. The Morgan fingerprint density at radius 1 is 1.35 bits per heavy atom. The number of halogens is 1. The average Bonchev–Trinajstić information content (AvgIpc) is 3.20. The summed E-state index contributed by atoms with van der Waals surface area (Å²) in [6.07, 6.45) is 1.70. The summed E-state index contributed by atoms with van der Waals surface area (Å²) in [6, 6.07) is 4.31. The number of benzene rings is 1. The van der Waals surface area contributed by atoms with Crippen LogP contribution in [0.25, 0.3) is 0 Å². The quantitative estimate of drug-likeness (QED) is 0.704. The molecule has 7 nitrogen and oxygen atoms in total. The minimum atomic E-state index is -3.60. The SMILES string of the molecule is COc1ccc(S(=O)(=O)NC2CC2)cc1NC(=O)C(C)(C)N.Cl. The van der Waals surface area contributed by atoms with Crippen LogP contribution >= 0.6 is 12.4 Å². The highest BCUT2D eigenvalue weighted by Crippen LogP contribution is 2.29. The Kier molecular flexibility index (Phi) is 6.03. The van der Waals surface area contributed by atoms with Gasteiger partial charge in [-0.05, 0) is 44.9 Å². The molecule has 0 radical (unpaired) electrons. The molecule has 1 aromatic rings. The zero-order valence-corrected chi connectivity index (χ0v) is 14.9. The topological polar surface area (TPSA) is 111 Å². The van der Waals surface area contributed by atoms with Crippen LogP contribution < -0.4 is 20.5 Å². The lowest BCUT2D eigenvalue weighted by Crippen LogP contribution is -2.45. The maximum Gasteiger partial charge on any atom is 0.243 e. The van der Waals surface area contributed by atoms with Gasteiger partial charge in [-0.1, -0.05) is 0 Å². The van der Waals surface area contributed by atoms with Crippen LogP contribution in [0.1, 0.15) is 26.7 Å². The van der Waals surface area contributed by atoms with E-state index in [-0.39, 0.29) is 29.0 Å². The Bertz CT molecular complexity index is 682. The van der Waals surface area contributed by atoms with Gasteiger partial charge in [-0.15, -0.1) is 12.4 Å². The molecule has 0 aliphatic heterocycles. The van der Waals surface area contributed by atoms with Gasteiger partial charge in [-0.25, -0.2) is 13.1 Å². The largest absolute Gasteiger partial charge is 0.495 e. The molecule has 9 heteroatoms. The van der Waals surface area contributed by atoms with Gasteiger partial charge in [0, 0.05) is 6.04 Å². The van der Waals surface area contributed by atoms with E-state index in [2.05, 4.69) is 10.0 Å². The highest BCUT2D eigenvalue weighted by Gasteiger charge is 2.29. The van der Waals surface area contributed by atoms with E-state index < -0.39 is 21.5 Å². The van der Waals surface area contributed by atoms with Crippen LogP contribution in [0.2, 0.25) is 0 Å². The van der Waals surface area contributed by atoms with Crippen molar-refractivity contribution < 1.29 is 17.9 Å². The summed E-state index contributed by atoms with van der Waals surface area (Å²) in [5, 5.41) is 2.60. The van der Waals surface area contributed by atoms with E-state index >= 15 is 0 Å². The Morgan fingerprint density at radius 2 is 1.96 bits per heavy atom. The van der Waals surface area contributed by atoms with E-state index in [1.807, 2.05) is 0 Å². The van der Waals surface area contributed by atoms with E-state index in [4.69, 9.17) is 10.5 Å². The van der Waals surface area contributed by atoms with Crippen molar-refractivity contribution in [1.29, 1.82) is 0 Å². The van der Waals surface area contributed by atoms with Crippen molar-refractivity contribution in [3.05, 3.63) is 18.2 Å². The first kappa shape index (κ1) is 19.7. The Hall–Kier alpha value is -1.35. The third-order valence-corrected chi connectivity index (χ3v) is 4.73. The summed E-state index contributed by atoms with van der Waals surface area (Å²) >= 11 is 0. The lowest BCUT2D eigenvalue weighted by Gasteiger charge is -2.19. The van der Waals surface area contributed by atoms with Gasteiger partial charge in [-0.3, -0.25) is 4.79 Å². The van der Waals surface area contributed by atoms with Gasteiger partial charge >= 0.3 is 0 Å². The molecule has 1 fully saturated rings. The van der Waals surface area contributed by atoms with Crippen LogP contribution in [-0.2, 0) is 14.8 Å². The molecular weight excluding hydrogens is 342 g/mol. The molecule has 130 valence electrons. The molecule has 0 heterocycles. The van der Waals surface area contributed by atoms with E-state index in [0.717, 1.165) is 12.8 Å².